The smallest absolute Gasteiger partial charge is 0.232 e. The lowest BCUT2D eigenvalue weighted by molar-refractivity contribution is -0.120. The maximum atomic E-state index is 11.6. The van der Waals surface area contributed by atoms with Crippen molar-refractivity contribution in [3.8, 4) is 17.1 Å². The molecule has 6 nitrogen and oxygen atoms in total. The predicted octanol–water partition coefficient (Wildman–Crippen LogP) is 3.23. The fourth-order valence-corrected chi connectivity index (χ4v) is 2.54. The Hall–Kier alpha value is -2.83. The Balaban J connectivity index is 1.53. The van der Waals surface area contributed by atoms with Crippen LogP contribution in [0.3, 0.4) is 0 Å². The molecular formula is C20H19ClN2O4. The molecule has 0 unspecified atom stereocenters. The highest BCUT2D eigenvalue weighted by Gasteiger charge is 2.08. The van der Waals surface area contributed by atoms with E-state index in [1.54, 1.807) is 30.5 Å². The molecule has 7 heteroatoms. The van der Waals surface area contributed by atoms with Gasteiger partial charge in [0, 0.05) is 17.1 Å². The first-order chi connectivity index (χ1) is 13.1. The van der Waals surface area contributed by atoms with E-state index in [0.717, 1.165) is 11.1 Å². The number of nitrogens with zero attached hydrogens (tertiary/aromatic N) is 1. The van der Waals surface area contributed by atoms with E-state index in [1.165, 1.54) is 0 Å². The average Bonchev–Trinajstić information content (AvgIpc) is 3.15. The highest BCUT2D eigenvalue weighted by atomic mass is 35.5. The van der Waals surface area contributed by atoms with Crippen LogP contribution in [0, 0.1) is 0 Å². The molecule has 2 aromatic carbocycles. The van der Waals surface area contributed by atoms with E-state index in [1.807, 2.05) is 24.3 Å². The van der Waals surface area contributed by atoms with Crippen LogP contribution in [-0.4, -0.2) is 29.1 Å². The van der Waals surface area contributed by atoms with E-state index in [4.69, 9.17) is 25.9 Å². The van der Waals surface area contributed by atoms with Crippen molar-refractivity contribution in [3.05, 3.63) is 71.2 Å². The number of carbonyl (C=O) groups excluding carboxylic acids is 1. The monoisotopic (exact) mass is 386 g/mol. The molecule has 1 aromatic heterocycles. The lowest BCUT2D eigenvalue weighted by atomic mass is 10.1. The predicted molar refractivity (Wildman–Crippen MR) is 102 cm³/mol. The van der Waals surface area contributed by atoms with Gasteiger partial charge < -0.3 is 19.6 Å². The van der Waals surface area contributed by atoms with Crippen molar-refractivity contribution in [2.45, 2.75) is 13.0 Å². The quantitative estimate of drug-likeness (QED) is 0.621. The largest absolute Gasteiger partial charge is 0.484 e. The van der Waals surface area contributed by atoms with Gasteiger partial charge in [-0.25, -0.2) is 4.98 Å². The Morgan fingerprint density at radius 3 is 2.59 bits per heavy atom. The van der Waals surface area contributed by atoms with Gasteiger partial charge in [-0.1, -0.05) is 23.7 Å². The second-order valence-corrected chi connectivity index (χ2v) is 6.24. The van der Waals surface area contributed by atoms with Gasteiger partial charge in [-0.15, -0.1) is 0 Å². The number of hydrogen-bond donors (Lipinski definition) is 2. The molecule has 3 aromatic rings. The molecule has 0 bridgehead atoms. The Bertz CT molecular complexity index is 876. The van der Waals surface area contributed by atoms with Crippen LogP contribution in [0.1, 0.15) is 11.5 Å². The lowest BCUT2D eigenvalue weighted by Gasteiger charge is -2.06. The molecule has 0 aliphatic rings. The van der Waals surface area contributed by atoms with E-state index >= 15 is 0 Å². The number of ether oxygens (including phenoxy) is 1. The Morgan fingerprint density at radius 2 is 1.89 bits per heavy atom. The first-order valence-corrected chi connectivity index (χ1v) is 8.82. The van der Waals surface area contributed by atoms with Crippen LogP contribution in [0.5, 0.6) is 5.75 Å². The van der Waals surface area contributed by atoms with E-state index in [-0.39, 0.29) is 32.1 Å². The summed E-state index contributed by atoms with van der Waals surface area (Å²) in [7, 11) is 0. The molecule has 0 aliphatic heterocycles. The summed E-state index contributed by atoms with van der Waals surface area (Å²) in [4.78, 5) is 15.8. The zero-order valence-corrected chi connectivity index (χ0v) is 15.3. The summed E-state index contributed by atoms with van der Waals surface area (Å²) in [5.41, 5.74) is 1.75. The second-order valence-electron chi connectivity index (χ2n) is 5.81. The topological polar surface area (TPSA) is 84.6 Å². The molecule has 0 atom stereocenters. The number of carbonyl (C=O) groups is 1. The summed E-state index contributed by atoms with van der Waals surface area (Å²) >= 11 is 5.88. The Labute approximate surface area is 161 Å². The van der Waals surface area contributed by atoms with Crippen LogP contribution in [0.15, 0.2) is 59.1 Å². The number of halogens is 1. The molecule has 2 N–H and O–H groups in total. The van der Waals surface area contributed by atoms with Gasteiger partial charge in [0.15, 0.2) is 12.4 Å². The summed E-state index contributed by atoms with van der Waals surface area (Å²) in [6.45, 7) is 0.386. The van der Waals surface area contributed by atoms with Crippen molar-refractivity contribution >= 4 is 17.5 Å². The van der Waals surface area contributed by atoms with Gasteiger partial charge in [-0.05, 0) is 42.0 Å². The van der Waals surface area contributed by atoms with Crippen LogP contribution < -0.4 is 10.1 Å². The van der Waals surface area contributed by atoms with Crippen molar-refractivity contribution in [2.24, 2.45) is 0 Å². The Morgan fingerprint density at radius 1 is 1.15 bits per heavy atom. The molecule has 0 radical (unpaired) electrons. The number of hydrogen-bond acceptors (Lipinski definition) is 5. The number of oxazole rings is 1. The summed E-state index contributed by atoms with van der Waals surface area (Å²) in [5, 5.41) is 12.0. The van der Waals surface area contributed by atoms with Crippen LogP contribution >= 0.6 is 11.6 Å². The number of amides is 1. The van der Waals surface area contributed by atoms with Gasteiger partial charge in [0.25, 0.3) is 0 Å². The van der Waals surface area contributed by atoms with Crippen molar-refractivity contribution in [1.29, 1.82) is 0 Å². The van der Waals surface area contributed by atoms with Gasteiger partial charge in [-0.2, -0.15) is 0 Å². The number of aliphatic hydroxyl groups is 1. The molecule has 27 heavy (non-hydrogen) atoms. The third-order valence-corrected chi connectivity index (χ3v) is 4.02. The van der Waals surface area contributed by atoms with Gasteiger partial charge >= 0.3 is 0 Å². The first kappa shape index (κ1) is 18.9. The summed E-state index contributed by atoms with van der Waals surface area (Å²) < 4.78 is 11.4. The van der Waals surface area contributed by atoms with E-state index in [0.29, 0.717) is 22.4 Å². The maximum Gasteiger partial charge on any atom is 0.232 e. The molecular weight excluding hydrogens is 368 g/mol. The number of nitrogens with one attached hydrogen (secondary N) is 1. The average molecular weight is 387 g/mol. The Kier molecular flexibility index (Phi) is 6.46. The fourth-order valence-electron chi connectivity index (χ4n) is 2.42. The number of benzene rings is 2. The SMILES string of the molecule is O=C(Cc1ccc(OCc2ncc(-c3ccc(Cl)cc3)o2)cc1)NCCO. The third kappa shape index (κ3) is 5.57. The summed E-state index contributed by atoms with van der Waals surface area (Å²) in [6.07, 6.45) is 1.90. The van der Waals surface area contributed by atoms with Crippen LogP contribution in [-0.2, 0) is 17.8 Å². The van der Waals surface area contributed by atoms with Gasteiger partial charge in [0.2, 0.25) is 11.8 Å². The van der Waals surface area contributed by atoms with Crippen molar-refractivity contribution in [1.82, 2.24) is 10.3 Å². The molecule has 3 rings (SSSR count). The van der Waals surface area contributed by atoms with Crippen molar-refractivity contribution in [2.75, 3.05) is 13.2 Å². The van der Waals surface area contributed by atoms with E-state index < -0.39 is 0 Å². The van der Waals surface area contributed by atoms with Crippen molar-refractivity contribution < 1.29 is 19.1 Å². The maximum absolute atomic E-state index is 11.6. The van der Waals surface area contributed by atoms with Crippen molar-refractivity contribution in [3.63, 3.8) is 0 Å². The van der Waals surface area contributed by atoms with E-state index in [9.17, 15) is 4.79 Å². The van der Waals surface area contributed by atoms with Crippen LogP contribution in [0.4, 0.5) is 0 Å². The van der Waals surface area contributed by atoms with Crippen LogP contribution in [0.2, 0.25) is 5.02 Å². The molecule has 0 spiro atoms. The number of rotatable bonds is 8. The summed E-state index contributed by atoms with van der Waals surface area (Å²) in [5.74, 6) is 1.63. The molecule has 1 amide bonds. The van der Waals surface area contributed by atoms with Gasteiger partial charge in [-0.3, -0.25) is 4.79 Å². The highest BCUT2D eigenvalue weighted by Crippen LogP contribution is 2.23. The normalized spacial score (nSPS) is 10.6. The minimum Gasteiger partial charge on any atom is -0.484 e. The molecule has 1 heterocycles. The van der Waals surface area contributed by atoms with Crippen LogP contribution in [0.25, 0.3) is 11.3 Å². The zero-order valence-electron chi connectivity index (χ0n) is 14.5. The molecule has 0 aliphatic carbocycles. The number of aromatic nitrogens is 1. The first-order valence-electron chi connectivity index (χ1n) is 8.44. The molecule has 0 saturated heterocycles. The van der Waals surface area contributed by atoms with E-state index in [2.05, 4.69) is 10.3 Å². The highest BCUT2D eigenvalue weighted by molar-refractivity contribution is 6.30. The molecule has 0 fully saturated rings. The lowest BCUT2D eigenvalue weighted by Crippen LogP contribution is -2.27. The standard InChI is InChI=1S/C20H19ClN2O4/c21-16-5-3-15(4-6-16)18-12-23-20(27-18)13-26-17-7-1-14(2-8-17)11-19(25)22-9-10-24/h1-8,12,24H,9-11,13H2,(H,22,25). The second kappa shape index (κ2) is 9.21. The molecule has 140 valence electrons. The third-order valence-electron chi connectivity index (χ3n) is 3.77. The van der Waals surface area contributed by atoms with Gasteiger partial charge in [0.05, 0.1) is 19.2 Å². The van der Waals surface area contributed by atoms with Gasteiger partial charge in [0.1, 0.15) is 5.75 Å². The number of aliphatic hydroxyl groups excluding tert-OH is 1. The molecule has 0 saturated carbocycles. The zero-order chi connectivity index (χ0) is 19.1. The minimum atomic E-state index is -0.132. The fraction of sp³-hybridized carbons (Fsp3) is 0.200. The minimum absolute atomic E-state index is 0.0704. The summed E-state index contributed by atoms with van der Waals surface area (Å²) in [6, 6.07) is 14.5.